The van der Waals surface area contributed by atoms with E-state index >= 15 is 0 Å². The molecule has 356 valence electrons. The van der Waals surface area contributed by atoms with Crippen LogP contribution in [0.25, 0.3) is 0 Å². The normalized spacial score (nSPS) is 10.9. The second-order valence-electron chi connectivity index (χ2n) is 17.4. The Labute approximate surface area is 370 Å². The predicted octanol–water partition coefficient (Wildman–Crippen LogP) is 17.1. The lowest BCUT2D eigenvalue weighted by atomic mass is 10.0. The first kappa shape index (κ1) is 61.9. The topological polar surface area (TPSA) is 149 Å². The molecular weight excluding hydrogens is 753 g/mol. The van der Waals surface area contributed by atoms with Gasteiger partial charge in [-0.15, -0.1) is 0 Å². The van der Waals surface area contributed by atoms with Crippen LogP contribution in [0.3, 0.4) is 0 Å². The number of rotatable bonds is 46. The SMILES string of the molecule is CCCCCCCCC(=O)O.CCCCCCCCCCCCCCCCCCCCCCCC=CC(=O)O.O=C(O)CCCCCCCCCCCCCCCC(=O)O. The van der Waals surface area contributed by atoms with Crippen LogP contribution >= 0.6 is 0 Å². The van der Waals surface area contributed by atoms with E-state index in [0.717, 1.165) is 64.2 Å². The Hall–Kier alpha value is -2.38. The maximum atomic E-state index is 10.3. The second-order valence-corrected chi connectivity index (χ2v) is 17.4. The fourth-order valence-corrected chi connectivity index (χ4v) is 7.43. The van der Waals surface area contributed by atoms with Gasteiger partial charge in [-0.3, -0.25) is 14.4 Å². The van der Waals surface area contributed by atoms with Gasteiger partial charge in [-0.05, 0) is 32.1 Å². The van der Waals surface area contributed by atoms with E-state index in [2.05, 4.69) is 13.8 Å². The minimum atomic E-state index is -0.830. The van der Waals surface area contributed by atoms with E-state index in [1.165, 1.54) is 205 Å². The lowest BCUT2D eigenvalue weighted by molar-refractivity contribution is -0.138. The molecular formula is C52H100O8. The van der Waals surface area contributed by atoms with Gasteiger partial charge in [0.2, 0.25) is 0 Å². The number of aliphatic carboxylic acids is 4. The lowest BCUT2D eigenvalue weighted by Gasteiger charge is -2.04. The first-order chi connectivity index (χ1) is 29.2. The molecule has 0 aliphatic carbocycles. The molecule has 0 bridgehead atoms. The van der Waals surface area contributed by atoms with Crippen molar-refractivity contribution in [2.75, 3.05) is 0 Å². The van der Waals surface area contributed by atoms with Crippen molar-refractivity contribution < 1.29 is 39.6 Å². The van der Waals surface area contributed by atoms with Gasteiger partial charge in [-0.2, -0.15) is 0 Å². The van der Waals surface area contributed by atoms with Crippen molar-refractivity contribution in [2.24, 2.45) is 0 Å². The summed E-state index contributed by atoms with van der Waals surface area (Å²) in [4.78, 5) is 41.1. The molecule has 0 aromatic rings. The van der Waals surface area contributed by atoms with Crippen molar-refractivity contribution in [3.05, 3.63) is 12.2 Å². The van der Waals surface area contributed by atoms with Gasteiger partial charge in [0.15, 0.2) is 0 Å². The molecule has 60 heavy (non-hydrogen) atoms. The van der Waals surface area contributed by atoms with E-state index < -0.39 is 23.9 Å². The van der Waals surface area contributed by atoms with Gasteiger partial charge >= 0.3 is 23.9 Å². The molecule has 0 atom stereocenters. The van der Waals surface area contributed by atoms with Crippen molar-refractivity contribution in [3.8, 4) is 0 Å². The molecule has 0 heterocycles. The van der Waals surface area contributed by atoms with Gasteiger partial charge < -0.3 is 20.4 Å². The Bertz CT molecular complexity index is 892. The van der Waals surface area contributed by atoms with E-state index in [1.54, 1.807) is 6.08 Å². The molecule has 0 amide bonds. The van der Waals surface area contributed by atoms with Crippen LogP contribution in [-0.2, 0) is 19.2 Å². The molecule has 4 N–H and O–H groups in total. The molecule has 0 aliphatic rings. The Morgan fingerprint density at radius 2 is 0.467 bits per heavy atom. The average molecular weight is 853 g/mol. The number of hydrogen-bond donors (Lipinski definition) is 4. The maximum Gasteiger partial charge on any atom is 0.327 e. The summed E-state index contributed by atoms with van der Waals surface area (Å²) in [5.41, 5.74) is 0. The Kier molecular flexibility index (Phi) is 58.4. The average Bonchev–Trinajstić information content (AvgIpc) is 3.21. The summed E-state index contributed by atoms with van der Waals surface area (Å²) >= 11 is 0. The summed E-state index contributed by atoms with van der Waals surface area (Å²) in [6, 6.07) is 0. The number of unbranched alkanes of at least 4 members (excludes halogenated alkanes) is 38. The minimum Gasteiger partial charge on any atom is -0.481 e. The van der Waals surface area contributed by atoms with Gasteiger partial charge in [0.1, 0.15) is 0 Å². The molecule has 0 aliphatic heterocycles. The van der Waals surface area contributed by atoms with Crippen LogP contribution in [0.1, 0.15) is 296 Å². The fourth-order valence-electron chi connectivity index (χ4n) is 7.43. The van der Waals surface area contributed by atoms with E-state index in [-0.39, 0.29) is 0 Å². The summed E-state index contributed by atoms with van der Waals surface area (Å²) in [6.45, 7) is 4.47. The minimum absolute atomic E-state index is 0.312. The molecule has 0 rings (SSSR count). The molecule has 0 aromatic heterocycles. The fraction of sp³-hybridized carbons (Fsp3) is 0.885. The number of carbonyl (C=O) groups is 4. The lowest BCUT2D eigenvalue weighted by Crippen LogP contribution is -1.93. The Morgan fingerprint density at radius 1 is 0.283 bits per heavy atom. The summed E-state index contributed by atoms with van der Waals surface area (Å²) in [5, 5.41) is 33.8. The smallest absolute Gasteiger partial charge is 0.327 e. The van der Waals surface area contributed by atoms with Gasteiger partial charge in [-0.25, -0.2) is 4.79 Å². The van der Waals surface area contributed by atoms with Crippen LogP contribution < -0.4 is 0 Å². The highest BCUT2D eigenvalue weighted by molar-refractivity contribution is 5.79. The molecule has 8 nitrogen and oxygen atoms in total. The highest BCUT2D eigenvalue weighted by atomic mass is 16.4. The Morgan fingerprint density at radius 3 is 0.650 bits per heavy atom. The predicted molar refractivity (Wildman–Crippen MR) is 254 cm³/mol. The van der Waals surface area contributed by atoms with E-state index in [9.17, 15) is 19.2 Å². The molecule has 0 radical (unpaired) electrons. The Balaban J connectivity index is -0.000000890. The highest BCUT2D eigenvalue weighted by Crippen LogP contribution is 2.16. The first-order valence-electron chi connectivity index (χ1n) is 25.7. The maximum absolute atomic E-state index is 10.3. The van der Waals surface area contributed by atoms with Gasteiger partial charge in [0, 0.05) is 25.3 Å². The molecule has 0 saturated heterocycles. The van der Waals surface area contributed by atoms with Crippen LogP contribution in [0.15, 0.2) is 12.2 Å². The number of carboxylic acids is 4. The van der Waals surface area contributed by atoms with Crippen LogP contribution in [-0.4, -0.2) is 44.3 Å². The van der Waals surface area contributed by atoms with Gasteiger partial charge in [0.25, 0.3) is 0 Å². The summed E-state index contributed by atoms with van der Waals surface area (Å²) in [7, 11) is 0. The van der Waals surface area contributed by atoms with Crippen molar-refractivity contribution in [1.29, 1.82) is 0 Å². The summed E-state index contributed by atoms with van der Waals surface area (Å²) in [5.74, 6) is -2.86. The molecule has 0 saturated carbocycles. The van der Waals surface area contributed by atoms with Crippen LogP contribution in [0.5, 0.6) is 0 Å². The van der Waals surface area contributed by atoms with E-state index in [4.69, 9.17) is 20.4 Å². The van der Waals surface area contributed by atoms with Crippen molar-refractivity contribution in [1.82, 2.24) is 0 Å². The highest BCUT2D eigenvalue weighted by Gasteiger charge is 2.00. The van der Waals surface area contributed by atoms with Crippen LogP contribution in [0.2, 0.25) is 0 Å². The zero-order chi connectivity index (χ0) is 44.8. The number of carboxylic acid groups (broad SMARTS) is 4. The number of allylic oxidation sites excluding steroid dienone is 1. The standard InChI is InChI=1S/C26H50O2.C17H32O4.C9H18O2/c1-2-3-4-5-6-7-8-9-10-11-12-13-14-15-16-17-18-19-20-21-22-23-24-25-26(27)28;18-16(19)14-12-10-8-6-4-2-1-3-5-7-9-11-13-15-17(20)21;1-2-3-4-5-6-7-8-9(10)11/h24-25H,2-23H2,1H3,(H,27,28);1-15H2,(H,18,19)(H,20,21);2-8H2,1H3,(H,10,11). The van der Waals surface area contributed by atoms with Crippen LogP contribution in [0, 0.1) is 0 Å². The van der Waals surface area contributed by atoms with E-state index in [0.29, 0.717) is 19.3 Å². The molecule has 0 fully saturated rings. The van der Waals surface area contributed by atoms with Gasteiger partial charge in [-0.1, -0.05) is 251 Å². The first-order valence-corrected chi connectivity index (χ1v) is 25.7. The zero-order valence-corrected chi connectivity index (χ0v) is 39.7. The third-order valence-electron chi connectivity index (χ3n) is 11.3. The van der Waals surface area contributed by atoms with Crippen molar-refractivity contribution in [2.45, 2.75) is 296 Å². The summed E-state index contributed by atoms with van der Waals surface area (Å²) < 4.78 is 0. The number of hydrogen-bond acceptors (Lipinski definition) is 4. The van der Waals surface area contributed by atoms with Gasteiger partial charge in [0.05, 0.1) is 0 Å². The third kappa shape index (κ3) is 70.2. The van der Waals surface area contributed by atoms with Crippen molar-refractivity contribution in [3.63, 3.8) is 0 Å². The van der Waals surface area contributed by atoms with E-state index in [1.807, 2.05) is 0 Å². The molecule has 0 unspecified atom stereocenters. The largest absolute Gasteiger partial charge is 0.481 e. The quantitative estimate of drug-likeness (QED) is 0.0349. The molecule has 0 aromatic carbocycles. The summed E-state index contributed by atoms with van der Waals surface area (Å²) in [6.07, 6.45) is 56.2. The molecule has 8 heteroatoms. The molecule has 0 spiro atoms. The monoisotopic (exact) mass is 853 g/mol. The second kappa shape index (κ2) is 56.6. The third-order valence-corrected chi connectivity index (χ3v) is 11.3. The van der Waals surface area contributed by atoms with Crippen LogP contribution in [0.4, 0.5) is 0 Å². The van der Waals surface area contributed by atoms with Crippen molar-refractivity contribution >= 4 is 23.9 Å². The zero-order valence-electron chi connectivity index (χ0n) is 39.7.